The van der Waals surface area contributed by atoms with Gasteiger partial charge in [0, 0.05) is 0 Å². The molecule has 3 aromatic rings. The van der Waals surface area contributed by atoms with Gasteiger partial charge >= 0.3 is 0 Å². The van der Waals surface area contributed by atoms with Gasteiger partial charge < -0.3 is 0 Å². The van der Waals surface area contributed by atoms with Gasteiger partial charge in [-0.25, -0.2) is 0 Å². The number of aryl methyl sites for hydroxylation is 1. The summed E-state index contributed by atoms with van der Waals surface area (Å²) in [5, 5.41) is 0. The monoisotopic (exact) mass is 270 g/mol. The standard InChI is InChI=1S/C21H18/c1-17-7-9-18(10-8-17)11-12-19-13-15-21(16-14-19)20-5-3-2-4-6-20/h2-16H,1H3/b12-11-. The van der Waals surface area contributed by atoms with E-state index in [2.05, 4.69) is 91.9 Å². The first-order valence-corrected chi connectivity index (χ1v) is 7.21. The molecule has 0 atom stereocenters. The molecule has 0 radical (unpaired) electrons. The Bertz CT molecular complexity index is 717. The summed E-state index contributed by atoms with van der Waals surface area (Å²) in [6, 6.07) is 27.7. The minimum atomic E-state index is 1.22. The van der Waals surface area contributed by atoms with Gasteiger partial charge in [-0.1, -0.05) is 96.6 Å². The van der Waals surface area contributed by atoms with E-state index in [4.69, 9.17) is 0 Å². The van der Waals surface area contributed by atoms with Crippen molar-refractivity contribution in [3.63, 3.8) is 0 Å². The minimum Gasteiger partial charge on any atom is -0.0622 e. The van der Waals surface area contributed by atoms with Crippen molar-refractivity contribution in [3.05, 3.63) is 95.6 Å². The van der Waals surface area contributed by atoms with Crippen molar-refractivity contribution >= 4 is 12.2 Å². The van der Waals surface area contributed by atoms with Crippen LogP contribution in [0.25, 0.3) is 23.3 Å². The lowest BCUT2D eigenvalue weighted by Gasteiger charge is -2.02. The number of benzene rings is 3. The molecular formula is C21H18. The lowest BCUT2D eigenvalue weighted by Crippen LogP contribution is -1.78. The Kier molecular flexibility index (Phi) is 3.97. The molecule has 0 unspecified atom stereocenters. The first kappa shape index (κ1) is 13.4. The zero-order valence-corrected chi connectivity index (χ0v) is 12.2. The first-order valence-electron chi connectivity index (χ1n) is 7.21. The second-order valence-corrected chi connectivity index (χ2v) is 5.23. The zero-order chi connectivity index (χ0) is 14.5. The highest BCUT2D eigenvalue weighted by Gasteiger charge is 1.95. The van der Waals surface area contributed by atoms with Crippen LogP contribution in [-0.4, -0.2) is 0 Å². The van der Waals surface area contributed by atoms with Gasteiger partial charge in [-0.15, -0.1) is 0 Å². The fraction of sp³-hybridized carbons (Fsp3) is 0.0476. The molecule has 0 aliphatic heterocycles. The van der Waals surface area contributed by atoms with Crippen LogP contribution in [0.15, 0.2) is 78.9 Å². The molecular weight excluding hydrogens is 252 g/mol. The summed E-state index contributed by atoms with van der Waals surface area (Å²) in [5.41, 5.74) is 6.25. The van der Waals surface area contributed by atoms with E-state index in [-0.39, 0.29) is 0 Å². The third kappa shape index (κ3) is 3.49. The summed E-state index contributed by atoms with van der Waals surface area (Å²) in [6.45, 7) is 2.11. The normalized spacial score (nSPS) is 10.9. The van der Waals surface area contributed by atoms with Crippen molar-refractivity contribution in [1.82, 2.24) is 0 Å². The Morgan fingerprint density at radius 1 is 0.524 bits per heavy atom. The van der Waals surface area contributed by atoms with Gasteiger partial charge in [0.05, 0.1) is 0 Å². The molecule has 0 bridgehead atoms. The van der Waals surface area contributed by atoms with Gasteiger partial charge in [-0.2, -0.15) is 0 Å². The first-order chi connectivity index (χ1) is 10.3. The van der Waals surface area contributed by atoms with E-state index < -0.39 is 0 Å². The SMILES string of the molecule is Cc1ccc(/C=C\c2ccc(-c3ccccc3)cc2)cc1. The summed E-state index contributed by atoms with van der Waals surface area (Å²) in [7, 11) is 0. The average Bonchev–Trinajstić information content (AvgIpc) is 2.56. The molecule has 0 saturated carbocycles. The maximum absolute atomic E-state index is 2.17. The lowest BCUT2D eigenvalue weighted by atomic mass is 10.0. The molecule has 0 N–H and O–H groups in total. The lowest BCUT2D eigenvalue weighted by molar-refractivity contribution is 1.46. The van der Waals surface area contributed by atoms with Crippen molar-refractivity contribution < 1.29 is 0 Å². The Morgan fingerprint density at radius 2 is 1.00 bits per heavy atom. The highest BCUT2D eigenvalue weighted by atomic mass is 14.0. The van der Waals surface area contributed by atoms with Crippen LogP contribution in [0.3, 0.4) is 0 Å². The van der Waals surface area contributed by atoms with E-state index in [1.165, 1.54) is 27.8 Å². The van der Waals surface area contributed by atoms with Crippen molar-refractivity contribution in [2.24, 2.45) is 0 Å². The molecule has 3 aromatic carbocycles. The minimum absolute atomic E-state index is 1.22. The number of hydrogen-bond acceptors (Lipinski definition) is 0. The molecule has 0 fully saturated rings. The Labute approximate surface area is 126 Å². The third-order valence-electron chi connectivity index (χ3n) is 3.56. The van der Waals surface area contributed by atoms with Crippen molar-refractivity contribution in [3.8, 4) is 11.1 Å². The summed E-state index contributed by atoms with van der Waals surface area (Å²) < 4.78 is 0. The van der Waals surface area contributed by atoms with Gasteiger partial charge in [-0.3, -0.25) is 0 Å². The summed E-state index contributed by atoms with van der Waals surface area (Å²) in [4.78, 5) is 0. The molecule has 0 aliphatic rings. The van der Waals surface area contributed by atoms with E-state index in [1.54, 1.807) is 0 Å². The molecule has 0 saturated heterocycles. The maximum atomic E-state index is 2.17. The smallest absolute Gasteiger partial charge is 0.0184 e. The van der Waals surface area contributed by atoms with Crippen LogP contribution in [0, 0.1) is 6.92 Å². The predicted molar refractivity (Wildman–Crippen MR) is 92.0 cm³/mol. The maximum Gasteiger partial charge on any atom is -0.0184 e. The molecule has 0 heterocycles. The highest BCUT2D eigenvalue weighted by molar-refractivity contribution is 5.72. The van der Waals surface area contributed by atoms with E-state index >= 15 is 0 Å². The molecule has 0 spiro atoms. The van der Waals surface area contributed by atoms with Gasteiger partial charge in [0.2, 0.25) is 0 Å². The van der Waals surface area contributed by atoms with Crippen LogP contribution in [0.4, 0.5) is 0 Å². The summed E-state index contributed by atoms with van der Waals surface area (Å²) >= 11 is 0. The molecule has 21 heavy (non-hydrogen) atoms. The molecule has 0 amide bonds. The zero-order valence-electron chi connectivity index (χ0n) is 12.2. The average molecular weight is 270 g/mol. The summed E-state index contributed by atoms with van der Waals surface area (Å²) in [5.74, 6) is 0. The summed E-state index contributed by atoms with van der Waals surface area (Å²) in [6.07, 6.45) is 4.30. The molecule has 0 heteroatoms. The fourth-order valence-electron chi connectivity index (χ4n) is 2.29. The van der Waals surface area contributed by atoms with Gasteiger partial charge in [0.25, 0.3) is 0 Å². The van der Waals surface area contributed by atoms with Crippen LogP contribution >= 0.6 is 0 Å². The van der Waals surface area contributed by atoms with Crippen molar-refractivity contribution in [2.75, 3.05) is 0 Å². The van der Waals surface area contributed by atoms with Gasteiger partial charge in [0.15, 0.2) is 0 Å². The van der Waals surface area contributed by atoms with Gasteiger partial charge in [-0.05, 0) is 29.2 Å². The second-order valence-electron chi connectivity index (χ2n) is 5.23. The molecule has 0 aliphatic carbocycles. The quantitative estimate of drug-likeness (QED) is 0.525. The third-order valence-corrected chi connectivity index (χ3v) is 3.56. The Hall–Kier alpha value is -2.60. The van der Waals surface area contributed by atoms with E-state index in [0.717, 1.165) is 0 Å². The number of rotatable bonds is 3. The van der Waals surface area contributed by atoms with Crippen LogP contribution in [0.5, 0.6) is 0 Å². The second kappa shape index (κ2) is 6.23. The molecule has 3 rings (SSSR count). The number of hydrogen-bond donors (Lipinski definition) is 0. The van der Waals surface area contributed by atoms with Crippen LogP contribution in [-0.2, 0) is 0 Å². The van der Waals surface area contributed by atoms with Crippen LogP contribution in [0.1, 0.15) is 16.7 Å². The van der Waals surface area contributed by atoms with Crippen LogP contribution in [0.2, 0.25) is 0 Å². The largest absolute Gasteiger partial charge is 0.0622 e. The molecule has 0 aromatic heterocycles. The van der Waals surface area contributed by atoms with Crippen molar-refractivity contribution in [1.29, 1.82) is 0 Å². The van der Waals surface area contributed by atoms with Gasteiger partial charge in [0.1, 0.15) is 0 Å². The highest BCUT2D eigenvalue weighted by Crippen LogP contribution is 2.20. The Morgan fingerprint density at radius 3 is 1.57 bits per heavy atom. The predicted octanol–water partition coefficient (Wildman–Crippen LogP) is 5.83. The molecule has 0 nitrogen and oxygen atoms in total. The van der Waals surface area contributed by atoms with Crippen LogP contribution < -0.4 is 0 Å². The molecule has 102 valence electrons. The van der Waals surface area contributed by atoms with E-state index in [0.29, 0.717) is 0 Å². The van der Waals surface area contributed by atoms with E-state index in [1.807, 2.05) is 6.07 Å². The van der Waals surface area contributed by atoms with Crippen molar-refractivity contribution in [2.45, 2.75) is 6.92 Å². The Balaban J connectivity index is 1.77. The topological polar surface area (TPSA) is 0 Å². The fourth-order valence-corrected chi connectivity index (χ4v) is 2.29. The van der Waals surface area contributed by atoms with E-state index in [9.17, 15) is 0 Å².